The number of likely N-dealkylation sites (tertiary alicyclic amines) is 1. The minimum atomic E-state index is -0.342. The lowest BCUT2D eigenvalue weighted by atomic mass is 10.1. The monoisotopic (exact) mass is 277 g/mol. The van der Waals surface area contributed by atoms with Crippen LogP contribution in [0, 0.1) is 5.92 Å². The summed E-state index contributed by atoms with van der Waals surface area (Å²) in [5, 5.41) is 3.36. The van der Waals surface area contributed by atoms with Gasteiger partial charge in [0.05, 0.1) is 24.0 Å². The molecule has 5 nitrogen and oxygen atoms in total. The molecule has 0 amide bonds. The zero-order valence-corrected chi connectivity index (χ0v) is 12.2. The van der Waals surface area contributed by atoms with Gasteiger partial charge in [-0.3, -0.25) is 0 Å². The smallest absolute Gasteiger partial charge is 0.337 e. The molecule has 1 atom stereocenters. The van der Waals surface area contributed by atoms with Crippen molar-refractivity contribution in [2.45, 2.75) is 13.3 Å². The highest BCUT2D eigenvalue weighted by atomic mass is 16.5. The fourth-order valence-corrected chi connectivity index (χ4v) is 2.58. The molecule has 1 aromatic rings. The molecule has 0 radical (unpaired) electrons. The molecule has 1 unspecified atom stereocenters. The van der Waals surface area contributed by atoms with Crippen molar-refractivity contribution in [3.63, 3.8) is 0 Å². The second-order valence-corrected chi connectivity index (χ2v) is 5.22. The Balaban J connectivity index is 1.97. The van der Waals surface area contributed by atoms with Crippen molar-refractivity contribution in [2.75, 3.05) is 44.3 Å². The number of hydrogen-bond acceptors (Lipinski definition) is 5. The number of nitrogen functional groups attached to an aromatic ring is 1. The average molecular weight is 277 g/mol. The van der Waals surface area contributed by atoms with Crippen LogP contribution in [0.1, 0.15) is 23.7 Å². The summed E-state index contributed by atoms with van der Waals surface area (Å²) in [5.41, 5.74) is 7.93. The second-order valence-electron chi connectivity index (χ2n) is 5.22. The Labute approximate surface area is 120 Å². The maximum Gasteiger partial charge on any atom is 0.337 e. The first kappa shape index (κ1) is 14.7. The number of carbonyl (C=O) groups is 1. The van der Waals surface area contributed by atoms with Gasteiger partial charge in [0, 0.05) is 13.1 Å². The molecule has 0 bridgehead atoms. The van der Waals surface area contributed by atoms with Crippen LogP contribution in [0.3, 0.4) is 0 Å². The molecule has 1 aliphatic heterocycles. The van der Waals surface area contributed by atoms with Crippen LogP contribution in [0.15, 0.2) is 18.2 Å². The molecule has 3 N–H and O–H groups in total. The molecule has 20 heavy (non-hydrogen) atoms. The van der Waals surface area contributed by atoms with Crippen molar-refractivity contribution in [3.05, 3.63) is 23.8 Å². The molecule has 1 fully saturated rings. The van der Waals surface area contributed by atoms with E-state index in [-0.39, 0.29) is 5.97 Å². The van der Waals surface area contributed by atoms with E-state index in [0.29, 0.717) is 17.2 Å². The Kier molecular flexibility index (Phi) is 4.84. The minimum Gasteiger partial charge on any atom is -0.465 e. The molecule has 5 heteroatoms. The van der Waals surface area contributed by atoms with E-state index in [1.807, 2.05) is 0 Å². The van der Waals surface area contributed by atoms with E-state index >= 15 is 0 Å². The van der Waals surface area contributed by atoms with E-state index in [2.05, 4.69) is 17.1 Å². The van der Waals surface area contributed by atoms with Gasteiger partial charge in [-0.05, 0) is 43.6 Å². The van der Waals surface area contributed by atoms with Gasteiger partial charge in [0.2, 0.25) is 0 Å². The number of methoxy groups -OCH3 is 1. The molecule has 0 aliphatic carbocycles. The molecule has 2 rings (SSSR count). The summed E-state index contributed by atoms with van der Waals surface area (Å²) in [4.78, 5) is 14.0. The minimum absolute atomic E-state index is 0.342. The van der Waals surface area contributed by atoms with Gasteiger partial charge in [-0.15, -0.1) is 0 Å². The van der Waals surface area contributed by atoms with Gasteiger partial charge in [-0.25, -0.2) is 4.79 Å². The average Bonchev–Trinajstić information content (AvgIpc) is 2.93. The summed E-state index contributed by atoms with van der Waals surface area (Å²) >= 11 is 0. The van der Waals surface area contributed by atoms with Crippen LogP contribution in [0.25, 0.3) is 0 Å². The fourth-order valence-electron chi connectivity index (χ4n) is 2.58. The summed E-state index contributed by atoms with van der Waals surface area (Å²) in [6.45, 7) is 6.47. The molecule has 0 saturated carbocycles. The quantitative estimate of drug-likeness (QED) is 0.634. The van der Waals surface area contributed by atoms with Crippen LogP contribution < -0.4 is 11.1 Å². The lowest BCUT2D eigenvalue weighted by Gasteiger charge is -2.16. The van der Waals surface area contributed by atoms with Gasteiger partial charge in [0.15, 0.2) is 0 Å². The normalized spacial score (nSPS) is 19.0. The second kappa shape index (κ2) is 6.61. The first-order chi connectivity index (χ1) is 9.63. The third-order valence-electron chi connectivity index (χ3n) is 3.87. The topological polar surface area (TPSA) is 67.6 Å². The summed E-state index contributed by atoms with van der Waals surface area (Å²) in [6, 6.07) is 5.18. The number of esters is 1. The van der Waals surface area contributed by atoms with E-state index in [0.717, 1.165) is 25.3 Å². The molecular weight excluding hydrogens is 254 g/mol. The van der Waals surface area contributed by atoms with Crippen LogP contribution >= 0.6 is 0 Å². The Bertz CT molecular complexity index is 476. The largest absolute Gasteiger partial charge is 0.465 e. The van der Waals surface area contributed by atoms with E-state index < -0.39 is 0 Å². The zero-order valence-electron chi connectivity index (χ0n) is 12.2. The highest BCUT2D eigenvalue weighted by Crippen LogP contribution is 2.22. The van der Waals surface area contributed by atoms with Crippen molar-refractivity contribution in [2.24, 2.45) is 5.92 Å². The molecule has 0 spiro atoms. The predicted molar refractivity (Wildman–Crippen MR) is 80.9 cm³/mol. The molecular formula is C15H23N3O2. The van der Waals surface area contributed by atoms with Gasteiger partial charge in [-0.2, -0.15) is 0 Å². The number of ether oxygens (including phenoxy) is 1. The lowest BCUT2D eigenvalue weighted by molar-refractivity contribution is 0.0601. The zero-order chi connectivity index (χ0) is 14.5. The molecule has 110 valence electrons. The Morgan fingerprint density at radius 3 is 3.00 bits per heavy atom. The SMILES string of the molecule is CCN1CCC(CNc2cc(C(=O)OC)ccc2N)C1. The summed E-state index contributed by atoms with van der Waals surface area (Å²) in [5.74, 6) is 0.294. The third-order valence-corrected chi connectivity index (χ3v) is 3.87. The van der Waals surface area contributed by atoms with Crippen molar-refractivity contribution >= 4 is 17.3 Å². The lowest BCUT2D eigenvalue weighted by Crippen LogP contribution is -2.22. The molecule has 1 aromatic carbocycles. The summed E-state index contributed by atoms with van der Waals surface area (Å²) in [6.07, 6.45) is 1.21. The maximum atomic E-state index is 11.5. The van der Waals surface area contributed by atoms with Gasteiger partial charge in [0.1, 0.15) is 0 Å². The van der Waals surface area contributed by atoms with Crippen molar-refractivity contribution in [1.29, 1.82) is 0 Å². The number of hydrogen-bond donors (Lipinski definition) is 2. The van der Waals surface area contributed by atoms with Gasteiger partial charge in [-0.1, -0.05) is 6.92 Å². The number of benzene rings is 1. The van der Waals surface area contributed by atoms with Crippen molar-refractivity contribution < 1.29 is 9.53 Å². The van der Waals surface area contributed by atoms with Crippen LogP contribution in [-0.2, 0) is 4.74 Å². The Hall–Kier alpha value is -1.75. The summed E-state index contributed by atoms with van der Waals surface area (Å²) in [7, 11) is 1.38. The Morgan fingerprint density at radius 1 is 1.55 bits per heavy atom. The van der Waals surface area contributed by atoms with Crippen LogP contribution in [0.2, 0.25) is 0 Å². The number of anilines is 2. The highest BCUT2D eigenvalue weighted by Gasteiger charge is 2.21. The van der Waals surface area contributed by atoms with Crippen molar-refractivity contribution in [1.82, 2.24) is 4.90 Å². The Morgan fingerprint density at radius 2 is 2.35 bits per heavy atom. The van der Waals surface area contributed by atoms with Crippen LogP contribution in [-0.4, -0.2) is 44.2 Å². The number of nitrogens with two attached hydrogens (primary N) is 1. The number of nitrogens with zero attached hydrogens (tertiary/aromatic N) is 1. The van der Waals surface area contributed by atoms with Crippen LogP contribution in [0.4, 0.5) is 11.4 Å². The standard InChI is InChI=1S/C15H23N3O2/c1-3-18-7-6-11(10-18)9-17-14-8-12(15(19)20-2)4-5-13(14)16/h4-5,8,11,17H,3,6-7,9-10,16H2,1-2H3. The molecule has 1 heterocycles. The number of rotatable bonds is 5. The summed E-state index contributed by atoms with van der Waals surface area (Å²) < 4.78 is 4.72. The predicted octanol–water partition coefficient (Wildman–Crippen LogP) is 1.81. The molecule has 1 aliphatic rings. The van der Waals surface area contributed by atoms with Gasteiger partial charge < -0.3 is 20.7 Å². The molecule has 1 saturated heterocycles. The third kappa shape index (κ3) is 3.42. The first-order valence-corrected chi connectivity index (χ1v) is 7.08. The van der Waals surface area contributed by atoms with Crippen LogP contribution in [0.5, 0.6) is 0 Å². The van der Waals surface area contributed by atoms with Gasteiger partial charge in [0.25, 0.3) is 0 Å². The van der Waals surface area contributed by atoms with E-state index in [1.54, 1.807) is 18.2 Å². The van der Waals surface area contributed by atoms with E-state index in [4.69, 9.17) is 10.5 Å². The van der Waals surface area contributed by atoms with E-state index in [9.17, 15) is 4.79 Å². The van der Waals surface area contributed by atoms with Gasteiger partial charge >= 0.3 is 5.97 Å². The fraction of sp³-hybridized carbons (Fsp3) is 0.533. The number of carbonyl (C=O) groups excluding carboxylic acids is 1. The first-order valence-electron chi connectivity index (χ1n) is 7.08. The highest BCUT2D eigenvalue weighted by molar-refractivity contribution is 5.91. The number of nitrogens with one attached hydrogen (secondary N) is 1. The maximum absolute atomic E-state index is 11.5. The molecule has 0 aromatic heterocycles. The van der Waals surface area contributed by atoms with Crippen molar-refractivity contribution in [3.8, 4) is 0 Å². The van der Waals surface area contributed by atoms with E-state index in [1.165, 1.54) is 20.1 Å².